The second-order valence-corrected chi connectivity index (χ2v) is 4.83. The van der Waals surface area contributed by atoms with Crippen molar-refractivity contribution in [3.05, 3.63) is 48.0 Å². The third kappa shape index (κ3) is 3.16. The third-order valence-corrected chi connectivity index (χ3v) is 3.38. The minimum Gasteiger partial charge on any atom is -0.351 e. The molecule has 0 heterocycles. The van der Waals surface area contributed by atoms with Gasteiger partial charge >= 0.3 is 0 Å². The molecule has 3 heteroatoms. The van der Waals surface area contributed by atoms with Gasteiger partial charge in [-0.2, -0.15) is 5.26 Å². The minimum atomic E-state index is -0.546. The first kappa shape index (κ1) is 14.1. The van der Waals surface area contributed by atoms with Gasteiger partial charge in [0.25, 0.3) is 0 Å². The van der Waals surface area contributed by atoms with Crippen LogP contribution in [0.25, 0.3) is 10.8 Å². The third-order valence-electron chi connectivity index (χ3n) is 3.38. The summed E-state index contributed by atoms with van der Waals surface area (Å²) in [6, 6.07) is 16.2. The predicted molar refractivity (Wildman–Crippen MR) is 79.8 cm³/mol. The molecule has 2 rings (SSSR count). The number of amides is 1. The highest BCUT2D eigenvalue weighted by molar-refractivity contribution is 5.86. The molecule has 2 aromatic rings. The van der Waals surface area contributed by atoms with Gasteiger partial charge in [-0.15, -0.1) is 0 Å². The standard InChI is InChI=1S/C17H18N2O/c1-2-6-14(11-18)17(20)19-12-15-9-5-8-13-7-3-4-10-16(13)15/h3-5,7-10,14H,2,6,12H2,1H3,(H,19,20). The maximum absolute atomic E-state index is 11.9. The van der Waals surface area contributed by atoms with Crippen LogP contribution in [0.5, 0.6) is 0 Å². The van der Waals surface area contributed by atoms with Crippen LogP contribution in [0.2, 0.25) is 0 Å². The summed E-state index contributed by atoms with van der Waals surface area (Å²) in [4.78, 5) is 11.9. The molecule has 1 N–H and O–H groups in total. The first-order chi connectivity index (χ1) is 9.76. The van der Waals surface area contributed by atoms with Crippen LogP contribution in [0.3, 0.4) is 0 Å². The van der Waals surface area contributed by atoms with Gasteiger partial charge in [0.2, 0.25) is 5.91 Å². The summed E-state index contributed by atoms with van der Waals surface area (Å²) in [6.45, 7) is 2.43. The molecular weight excluding hydrogens is 248 g/mol. The summed E-state index contributed by atoms with van der Waals surface area (Å²) in [7, 11) is 0. The minimum absolute atomic E-state index is 0.178. The van der Waals surface area contributed by atoms with Crippen molar-refractivity contribution in [2.45, 2.75) is 26.3 Å². The molecule has 20 heavy (non-hydrogen) atoms. The van der Waals surface area contributed by atoms with Gasteiger partial charge in [0.05, 0.1) is 6.07 Å². The molecule has 0 spiro atoms. The summed E-state index contributed by atoms with van der Waals surface area (Å²) in [6.07, 6.45) is 1.44. The Morgan fingerprint density at radius 2 is 2.00 bits per heavy atom. The van der Waals surface area contributed by atoms with E-state index >= 15 is 0 Å². The summed E-state index contributed by atoms with van der Waals surface area (Å²) < 4.78 is 0. The van der Waals surface area contributed by atoms with Gasteiger partial charge in [-0.3, -0.25) is 4.79 Å². The number of benzene rings is 2. The Labute approximate surface area is 119 Å². The lowest BCUT2D eigenvalue weighted by molar-refractivity contribution is -0.123. The van der Waals surface area contributed by atoms with E-state index < -0.39 is 5.92 Å². The maximum Gasteiger partial charge on any atom is 0.237 e. The fourth-order valence-corrected chi connectivity index (χ4v) is 2.30. The average molecular weight is 266 g/mol. The molecule has 0 bridgehead atoms. The number of nitrogens with one attached hydrogen (secondary N) is 1. The van der Waals surface area contributed by atoms with Crippen LogP contribution in [0.4, 0.5) is 0 Å². The van der Waals surface area contributed by atoms with Crippen LogP contribution in [0.1, 0.15) is 25.3 Å². The fourth-order valence-electron chi connectivity index (χ4n) is 2.30. The molecule has 1 unspecified atom stereocenters. The number of carbonyl (C=O) groups is 1. The zero-order valence-electron chi connectivity index (χ0n) is 11.6. The van der Waals surface area contributed by atoms with Crippen LogP contribution in [0, 0.1) is 17.2 Å². The number of rotatable bonds is 5. The smallest absolute Gasteiger partial charge is 0.237 e. The topological polar surface area (TPSA) is 52.9 Å². The van der Waals surface area contributed by atoms with E-state index in [2.05, 4.69) is 23.5 Å². The number of nitriles is 1. The number of carbonyl (C=O) groups excluding carboxylic acids is 1. The molecule has 0 saturated carbocycles. The zero-order valence-corrected chi connectivity index (χ0v) is 11.6. The van der Waals surface area contributed by atoms with Crippen molar-refractivity contribution in [3.63, 3.8) is 0 Å². The zero-order chi connectivity index (χ0) is 14.4. The van der Waals surface area contributed by atoms with Crippen LogP contribution in [-0.2, 0) is 11.3 Å². The molecule has 0 saturated heterocycles. The lowest BCUT2D eigenvalue weighted by atomic mass is 10.0. The van der Waals surface area contributed by atoms with Gasteiger partial charge in [0.1, 0.15) is 5.92 Å². The van der Waals surface area contributed by atoms with E-state index in [9.17, 15) is 4.79 Å². The van der Waals surface area contributed by atoms with Crippen molar-refractivity contribution in [1.29, 1.82) is 5.26 Å². The second-order valence-electron chi connectivity index (χ2n) is 4.83. The first-order valence-corrected chi connectivity index (χ1v) is 6.90. The first-order valence-electron chi connectivity index (χ1n) is 6.90. The van der Waals surface area contributed by atoms with E-state index in [1.807, 2.05) is 37.3 Å². The van der Waals surface area contributed by atoms with Gasteiger partial charge in [-0.25, -0.2) is 0 Å². The monoisotopic (exact) mass is 266 g/mol. The fraction of sp³-hybridized carbons (Fsp3) is 0.294. The van der Waals surface area contributed by atoms with Gasteiger partial charge < -0.3 is 5.32 Å². The van der Waals surface area contributed by atoms with Crippen molar-refractivity contribution < 1.29 is 4.79 Å². The highest BCUT2D eigenvalue weighted by Crippen LogP contribution is 2.18. The molecule has 0 fully saturated rings. The van der Waals surface area contributed by atoms with Gasteiger partial charge in [-0.1, -0.05) is 55.8 Å². The SMILES string of the molecule is CCCC(C#N)C(=O)NCc1cccc2ccccc12. The van der Waals surface area contributed by atoms with Crippen LogP contribution >= 0.6 is 0 Å². The Hall–Kier alpha value is -2.34. The highest BCUT2D eigenvalue weighted by atomic mass is 16.1. The van der Waals surface area contributed by atoms with Crippen LogP contribution < -0.4 is 5.32 Å². The maximum atomic E-state index is 11.9. The van der Waals surface area contributed by atoms with Crippen molar-refractivity contribution >= 4 is 16.7 Å². The number of nitrogens with zero attached hydrogens (tertiary/aromatic N) is 1. The molecule has 0 aromatic heterocycles. The normalized spacial score (nSPS) is 11.8. The lowest BCUT2D eigenvalue weighted by Gasteiger charge is -2.11. The number of hydrogen-bond acceptors (Lipinski definition) is 2. The van der Waals surface area contributed by atoms with E-state index in [0.717, 1.165) is 22.8 Å². The predicted octanol–water partition coefficient (Wildman–Crippen LogP) is 3.40. The van der Waals surface area contributed by atoms with Crippen molar-refractivity contribution in [2.75, 3.05) is 0 Å². The van der Waals surface area contributed by atoms with Crippen LogP contribution in [0.15, 0.2) is 42.5 Å². The molecule has 2 aromatic carbocycles. The Bertz CT molecular complexity index is 637. The molecule has 1 atom stereocenters. The summed E-state index contributed by atoms with van der Waals surface area (Å²) in [5, 5.41) is 14.1. The second kappa shape index (κ2) is 6.72. The van der Waals surface area contributed by atoms with E-state index in [0.29, 0.717) is 13.0 Å². The summed E-state index contributed by atoms with van der Waals surface area (Å²) in [5.41, 5.74) is 1.07. The number of fused-ring (bicyclic) bond motifs is 1. The van der Waals surface area contributed by atoms with E-state index in [1.54, 1.807) is 0 Å². The molecule has 0 radical (unpaired) electrons. The van der Waals surface area contributed by atoms with Crippen molar-refractivity contribution in [2.24, 2.45) is 5.92 Å². The van der Waals surface area contributed by atoms with Crippen molar-refractivity contribution in [3.8, 4) is 6.07 Å². The lowest BCUT2D eigenvalue weighted by Crippen LogP contribution is -2.29. The summed E-state index contributed by atoms with van der Waals surface area (Å²) >= 11 is 0. The van der Waals surface area contributed by atoms with Crippen LogP contribution in [-0.4, -0.2) is 5.91 Å². The van der Waals surface area contributed by atoms with Gasteiger partial charge in [0, 0.05) is 6.54 Å². The quantitative estimate of drug-likeness (QED) is 0.901. The Morgan fingerprint density at radius 1 is 1.25 bits per heavy atom. The molecule has 1 amide bonds. The van der Waals surface area contributed by atoms with E-state index in [4.69, 9.17) is 5.26 Å². The van der Waals surface area contributed by atoms with E-state index in [-0.39, 0.29) is 5.91 Å². The van der Waals surface area contributed by atoms with E-state index in [1.165, 1.54) is 0 Å². The van der Waals surface area contributed by atoms with Gasteiger partial charge in [0.15, 0.2) is 0 Å². The molecule has 0 aliphatic heterocycles. The Kier molecular flexibility index (Phi) is 4.73. The molecule has 3 nitrogen and oxygen atoms in total. The Balaban J connectivity index is 2.10. The Morgan fingerprint density at radius 3 is 2.75 bits per heavy atom. The highest BCUT2D eigenvalue weighted by Gasteiger charge is 2.16. The number of hydrogen-bond donors (Lipinski definition) is 1. The largest absolute Gasteiger partial charge is 0.351 e. The molecular formula is C17H18N2O. The van der Waals surface area contributed by atoms with Crippen molar-refractivity contribution in [1.82, 2.24) is 5.32 Å². The molecule has 0 aliphatic carbocycles. The average Bonchev–Trinajstić information content (AvgIpc) is 2.50. The van der Waals surface area contributed by atoms with Gasteiger partial charge in [-0.05, 0) is 22.8 Å². The summed E-state index contributed by atoms with van der Waals surface area (Å²) in [5.74, 6) is -0.725. The molecule has 102 valence electrons. The molecule has 0 aliphatic rings.